The fourth-order valence-electron chi connectivity index (χ4n) is 1.35. The molecule has 2 rings (SSSR count). The number of hydrogen-bond donors (Lipinski definition) is 0. The fourth-order valence-corrected chi connectivity index (χ4v) is 1.85. The Morgan fingerprint density at radius 3 is 3.15 bits per heavy atom. The summed E-state index contributed by atoms with van der Waals surface area (Å²) in [5, 5.41) is 0. The van der Waals surface area contributed by atoms with Gasteiger partial charge in [0, 0.05) is 29.5 Å². The minimum absolute atomic E-state index is 0.348. The van der Waals surface area contributed by atoms with Crippen LogP contribution in [-0.2, 0) is 6.42 Å². The van der Waals surface area contributed by atoms with Crippen LogP contribution < -0.4 is 0 Å². The third-order valence-corrected chi connectivity index (χ3v) is 2.33. The highest BCUT2D eigenvalue weighted by Gasteiger charge is 2.03. The number of halogens is 2. The Kier molecular flexibility index (Phi) is 2.31. The Hall–Kier alpha value is -0.900. The van der Waals surface area contributed by atoms with E-state index in [-0.39, 0.29) is 6.67 Å². The number of alkyl halides is 1. The summed E-state index contributed by atoms with van der Waals surface area (Å²) in [5.74, 6) is 0. The van der Waals surface area contributed by atoms with E-state index in [0.29, 0.717) is 6.42 Å². The van der Waals surface area contributed by atoms with Gasteiger partial charge in [-0.2, -0.15) is 0 Å². The Bertz CT molecular complexity index is 424. The standard InChI is InChI=1S/C9H8BrFN2/c10-8-5-7(1-2-11)9-12-3-4-13(9)6-8/h3-6H,1-2H2. The highest BCUT2D eigenvalue weighted by Crippen LogP contribution is 2.17. The molecule has 13 heavy (non-hydrogen) atoms. The summed E-state index contributed by atoms with van der Waals surface area (Å²) in [5.41, 5.74) is 1.77. The van der Waals surface area contributed by atoms with E-state index < -0.39 is 0 Å². The number of pyridine rings is 1. The van der Waals surface area contributed by atoms with Crippen LogP contribution in [0.5, 0.6) is 0 Å². The number of aryl methyl sites for hydroxylation is 1. The van der Waals surface area contributed by atoms with Gasteiger partial charge >= 0.3 is 0 Å². The summed E-state index contributed by atoms with van der Waals surface area (Å²) in [6, 6.07) is 1.90. The molecule has 0 bridgehead atoms. The van der Waals surface area contributed by atoms with Crippen LogP contribution in [0.2, 0.25) is 0 Å². The van der Waals surface area contributed by atoms with Gasteiger partial charge in [0.05, 0.1) is 6.67 Å². The number of hydrogen-bond acceptors (Lipinski definition) is 1. The van der Waals surface area contributed by atoms with Crippen molar-refractivity contribution in [1.29, 1.82) is 0 Å². The van der Waals surface area contributed by atoms with Gasteiger partial charge in [0.2, 0.25) is 0 Å². The van der Waals surface area contributed by atoms with Crippen molar-refractivity contribution in [1.82, 2.24) is 9.38 Å². The molecule has 2 aromatic heterocycles. The highest BCUT2D eigenvalue weighted by molar-refractivity contribution is 9.10. The second-order valence-electron chi connectivity index (χ2n) is 2.78. The van der Waals surface area contributed by atoms with Gasteiger partial charge in [0.25, 0.3) is 0 Å². The molecule has 0 saturated heterocycles. The third kappa shape index (κ3) is 1.58. The van der Waals surface area contributed by atoms with Gasteiger partial charge < -0.3 is 4.40 Å². The van der Waals surface area contributed by atoms with Gasteiger partial charge in [-0.25, -0.2) is 4.98 Å². The molecule has 2 nitrogen and oxygen atoms in total. The van der Waals surface area contributed by atoms with Crippen molar-refractivity contribution in [3.05, 3.63) is 34.7 Å². The van der Waals surface area contributed by atoms with Crippen molar-refractivity contribution in [3.8, 4) is 0 Å². The zero-order valence-corrected chi connectivity index (χ0v) is 8.46. The molecular weight excluding hydrogens is 235 g/mol. The molecular formula is C9H8BrFN2. The van der Waals surface area contributed by atoms with Crippen LogP contribution in [0, 0.1) is 0 Å². The SMILES string of the molecule is FCCc1cc(Br)cn2ccnc12. The second kappa shape index (κ2) is 3.46. The summed E-state index contributed by atoms with van der Waals surface area (Å²) in [6.45, 7) is -0.348. The van der Waals surface area contributed by atoms with Crippen molar-refractivity contribution in [2.45, 2.75) is 6.42 Å². The molecule has 0 N–H and O–H groups in total. The lowest BCUT2D eigenvalue weighted by Gasteiger charge is -2.01. The molecule has 2 aromatic rings. The van der Waals surface area contributed by atoms with E-state index in [1.807, 2.05) is 22.9 Å². The molecule has 68 valence electrons. The molecule has 0 aliphatic carbocycles. The maximum atomic E-state index is 12.2. The first-order valence-electron chi connectivity index (χ1n) is 3.98. The van der Waals surface area contributed by atoms with Crippen LogP contribution in [0.15, 0.2) is 29.1 Å². The summed E-state index contributed by atoms with van der Waals surface area (Å²) in [6.07, 6.45) is 5.88. The molecule has 0 saturated carbocycles. The molecule has 0 radical (unpaired) electrons. The zero-order valence-electron chi connectivity index (χ0n) is 6.87. The molecule has 0 fully saturated rings. The minimum Gasteiger partial charge on any atom is -0.306 e. The van der Waals surface area contributed by atoms with Gasteiger partial charge in [-0.3, -0.25) is 4.39 Å². The first-order valence-corrected chi connectivity index (χ1v) is 4.77. The van der Waals surface area contributed by atoms with Crippen molar-refractivity contribution >= 4 is 21.6 Å². The van der Waals surface area contributed by atoms with Crippen LogP contribution in [0.25, 0.3) is 5.65 Å². The second-order valence-corrected chi connectivity index (χ2v) is 3.70. The van der Waals surface area contributed by atoms with Gasteiger partial charge in [0.15, 0.2) is 0 Å². The normalized spacial score (nSPS) is 10.9. The van der Waals surface area contributed by atoms with Crippen LogP contribution in [0.1, 0.15) is 5.56 Å². The van der Waals surface area contributed by atoms with Gasteiger partial charge in [-0.15, -0.1) is 0 Å². The molecule has 0 spiro atoms. The predicted molar refractivity (Wildman–Crippen MR) is 52.6 cm³/mol. The first kappa shape index (κ1) is 8.69. The topological polar surface area (TPSA) is 17.3 Å². The van der Waals surface area contributed by atoms with Crippen LogP contribution in [0.4, 0.5) is 4.39 Å². The lowest BCUT2D eigenvalue weighted by Crippen LogP contribution is -1.93. The maximum absolute atomic E-state index is 12.2. The van der Waals surface area contributed by atoms with E-state index in [2.05, 4.69) is 20.9 Å². The average Bonchev–Trinajstić information content (AvgIpc) is 2.52. The Morgan fingerprint density at radius 1 is 1.54 bits per heavy atom. The summed E-state index contributed by atoms with van der Waals surface area (Å²) < 4.78 is 15.0. The van der Waals surface area contributed by atoms with E-state index >= 15 is 0 Å². The number of rotatable bonds is 2. The van der Waals surface area contributed by atoms with E-state index in [0.717, 1.165) is 15.7 Å². The molecule has 0 aliphatic heterocycles. The highest BCUT2D eigenvalue weighted by atomic mass is 79.9. The number of nitrogens with zero attached hydrogens (tertiary/aromatic N) is 2. The Balaban J connectivity index is 2.63. The lowest BCUT2D eigenvalue weighted by atomic mass is 10.2. The van der Waals surface area contributed by atoms with Gasteiger partial charge in [0.1, 0.15) is 5.65 Å². The third-order valence-electron chi connectivity index (χ3n) is 1.89. The quantitative estimate of drug-likeness (QED) is 0.792. The molecule has 0 aliphatic rings. The number of aromatic nitrogens is 2. The Labute approximate surface area is 83.5 Å². The average molecular weight is 243 g/mol. The fraction of sp³-hybridized carbons (Fsp3) is 0.222. The van der Waals surface area contributed by atoms with E-state index in [9.17, 15) is 4.39 Å². The van der Waals surface area contributed by atoms with Crippen molar-refractivity contribution in [2.24, 2.45) is 0 Å². The Morgan fingerprint density at radius 2 is 2.38 bits per heavy atom. The van der Waals surface area contributed by atoms with Crippen molar-refractivity contribution < 1.29 is 4.39 Å². The van der Waals surface area contributed by atoms with Crippen LogP contribution >= 0.6 is 15.9 Å². The molecule has 0 atom stereocenters. The van der Waals surface area contributed by atoms with Crippen LogP contribution in [0.3, 0.4) is 0 Å². The molecule has 0 amide bonds. The molecule has 2 heterocycles. The molecule has 4 heteroatoms. The number of imidazole rings is 1. The summed E-state index contributed by atoms with van der Waals surface area (Å²) in [7, 11) is 0. The zero-order chi connectivity index (χ0) is 9.26. The molecule has 0 aromatic carbocycles. The maximum Gasteiger partial charge on any atom is 0.140 e. The van der Waals surface area contributed by atoms with Gasteiger partial charge in [-0.05, 0) is 27.6 Å². The van der Waals surface area contributed by atoms with E-state index in [4.69, 9.17) is 0 Å². The monoisotopic (exact) mass is 242 g/mol. The van der Waals surface area contributed by atoms with Crippen LogP contribution in [-0.4, -0.2) is 16.1 Å². The van der Waals surface area contributed by atoms with Gasteiger partial charge in [-0.1, -0.05) is 0 Å². The summed E-state index contributed by atoms with van der Waals surface area (Å²) in [4.78, 5) is 4.15. The van der Waals surface area contributed by atoms with E-state index in [1.165, 1.54) is 0 Å². The molecule has 0 unspecified atom stereocenters. The van der Waals surface area contributed by atoms with Crippen molar-refractivity contribution in [2.75, 3.05) is 6.67 Å². The number of fused-ring (bicyclic) bond motifs is 1. The predicted octanol–water partition coefficient (Wildman–Crippen LogP) is 2.61. The van der Waals surface area contributed by atoms with E-state index in [1.54, 1.807) is 6.20 Å². The lowest BCUT2D eigenvalue weighted by molar-refractivity contribution is 0.495. The minimum atomic E-state index is -0.348. The first-order chi connectivity index (χ1) is 6.31. The largest absolute Gasteiger partial charge is 0.306 e. The smallest absolute Gasteiger partial charge is 0.140 e. The summed E-state index contributed by atoms with van der Waals surface area (Å²) >= 11 is 3.37. The van der Waals surface area contributed by atoms with Crippen molar-refractivity contribution in [3.63, 3.8) is 0 Å².